The van der Waals surface area contributed by atoms with Gasteiger partial charge >= 0.3 is 0 Å². The van der Waals surface area contributed by atoms with Crippen LogP contribution in [0.4, 0.5) is 0 Å². The number of nitrogens with zero attached hydrogens (tertiary/aromatic N) is 2. The van der Waals surface area contributed by atoms with Crippen molar-refractivity contribution in [1.29, 1.82) is 0 Å². The third-order valence-electron chi connectivity index (χ3n) is 2.33. The highest BCUT2D eigenvalue weighted by molar-refractivity contribution is 7.80. The van der Waals surface area contributed by atoms with Crippen molar-refractivity contribution >= 4 is 17.3 Å². The molecule has 0 aliphatic carbocycles. The molecule has 2 heterocycles. The normalized spacial score (nSPS) is 10.1. The van der Waals surface area contributed by atoms with E-state index >= 15 is 0 Å². The molecule has 3 nitrogen and oxygen atoms in total. The van der Waals surface area contributed by atoms with Gasteiger partial charge in [0.15, 0.2) is 5.05 Å². The first kappa shape index (κ1) is 10.7. The molecule has 0 saturated heterocycles. The highest BCUT2D eigenvalue weighted by Crippen LogP contribution is 2.23. The second-order valence-corrected chi connectivity index (χ2v) is 3.78. The van der Waals surface area contributed by atoms with Crippen molar-refractivity contribution in [3.05, 3.63) is 47.9 Å². The van der Waals surface area contributed by atoms with Crippen molar-refractivity contribution in [2.24, 2.45) is 0 Å². The van der Waals surface area contributed by atoms with E-state index in [1.807, 2.05) is 25.1 Å². The van der Waals surface area contributed by atoms with Gasteiger partial charge in [0.1, 0.15) is 0 Å². The summed E-state index contributed by atoms with van der Waals surface area (Å²) in [7, 11) is 0. The molecule has 0 aliphatic rings. The van der Waals surface area contributed by atoms with E-state index in [-0.39, 0.29) is 5.05 Å². The SMILES string of the molecule is Cc1ccnc(-c2ccncc2)c1C(O)=S. The van der Waals surface area contributed by atoms with Crippen LogP contribution in [0, 0.1) is 6.92 Å². The number of aromatic nitrogens is 2. The average molecular weight is 230 g/mol. The second-order valence-electron chi connectivity index (χ2n) is 3.39. The summed E-state index contributed by atoms with van der Waals surface area (Å²) in [6.45, 7) is 1.89. The number of pyridine rings is 2. The molecule has 2 rings (SSSR count). The maximum Gasteiger partial charge on any atom is 0.191 e. The van der Waals surface area contributed by atoms with Crippen LogP contribution in [0.3, 0.4) is 0 Å². The quantitative estimate of drug-likeness (QED) is 0.806. The summed E-state index contributed by atoms with van der Waals surface area (Å²) >= 11 is 4.84. The summed E-state index contributed by atoms with van der Waals surface area (Å²) < 4.78 is 0. The van der Waals surface area contributed by atoms with E-state index in [0.29, 0.717) is 11.3 Å². The lowest BCUT2D eigenvalue weighted by atomic mass is 10.0. The molecule has 1 N–H and O–H groups in total. The van der Waals surface area contributed by atoms with E-state index in [0.717, 1.165) is 11.1 Å². The van der Waals surface area contributed by atoms with Crippen molar-refractivity contribution < 1.29 is 5.11 Å². The van der Waals surface area contributed by atoms with Gasteiger partial charge in [-0.05, 0) is 42.9 Å². The summed E-state index contributed by atoms with van der Waals surface area (Å²) in [5, 5.41) is 9.40. The minimum atomic E-state index is -0.127. The molecule has 0 amide bonds. The van der Waals surface area contributed by atoms with Gasteiger partial charge in [-0.15, -0.1) is 0 Å². The zero-order chi connectivity index (χ0) is 11.5. The first-order valence-corrected chi connectivity index (χ1v) is 5.20. The number of aryl methyl sites for hydroxylation is 1. The minimum Gasteiger partial charge on any atom is -0.498 e. The van der Waals surface area contributed by atoms with E-state index < -0.39 is 0 Å². The Morgan fingerprint density at radius 2 is 1.88 bits per heavy atom. The fourth-order valence-corrected chi connectivity index (χ4v) is 1.81. The molecule has 2 aromatic heterocycles. The predicted octanol–water partition coefficient (Wildman–Crippen LogP) is 2.69. The maximum atomic E-state index is 9.52. The maximum absolute atomic E-state index is 9.52. The Morgan fingerprint density at radius 1 is 1.19 bits per heavy atom. The largest absolute Gasteiger partial charge is 0.498 e. The zero-order valence-electron chi connectivity index (χ0n) is 8.71. The van der Waals surface area contributed by atoms with Gasteiger partial charge in [0.2, 0.25) is 0 Å². The summed E-state index contributed by atoms with van der Waals surface area (Å²) in [6, 6.07) is 5.50. The molecule has 2 aromatic rings. The fraction of sp³-hybridized carbons (Fsp3) is 0.0833. The average Bonchev–Trinajstić information content (AvgIpc) is 2.29. The van der Waals surface area contributed by atoms with Crippen LogP contribution < -0.4 is 0 Å². The van der Waals surface area contributed by atoms with Gasteiger partial charge in [-0.1, -0.05) is 0 Å². The lowest BCUT2D eigenvalue weighted by molar-refractivity contribution is 0.570. The third kappa shape index (κ3) is 1.92. The van der Waals surface area contributed by atoms with E-state index in [1.165, 1.54) is 0 Å². The molecule has 0 bridgehead atoms. The van der Waals surface area contributed by atoms with E-state index in [9.17, 15) is 5.11 Å². The number of rotatable bonds is 2. The Labute approximate surface area is 98.8 Å². The summed E-state index contributed by atoms with van der Waals surface area (Å²) in [4.78, 5) is 8.20. The molecule has 0 radical (unpaired) electrons. The fourth-order valence-electron chi connectivity index (χ4n) is 1.56. The Kier molecular flexibility index (Phi) is 2.92. The lowest BCUT2D eigenvalue weighted by Gasteiger charge is -2.08. The molecule has 4 heteroatoms. The second kappa shape index (κ2) is 4.37. The first-order valence-electron chi connectivity index (χ1n) is 4.79. The summed E-state index contributed by atoms with van der Waals surface area (Å²) in [5.74, 6) is 0. The number of aliphatic hydroxyl groups excluding tert-OH is 1. The van der Waals surface area contributed by atoms with Gasteiger partial charge < -0.3 is 5.11 Å². The van der Waals surface area contributed by atoms with Gasteiger partial charge in [-0.2, -0.15) is 0 Å². The molecule has 0 aliphatic heterocycles. The van der Waals surface area contributed by atoms with Crippen LogP contribution in [0.5, 0.6) is 0 Å². The van der Waals surface area contributed by atoms with Crippen LogP contribution in [-0.4, -0.2) is 20.1 Å². The van der Waals surface area contributed by atoms with Crippen LogP contribution in [-0.2, 0) is 0 Å². The van der Waals surface area contributed by atoms with Crippen LogP contribution in [0.2, 0.25) is 0 Å². The van der Waals surface area contributed by atoms with Gasteiger partial charge in [0, 0.05) is 24.2 Å². The van der Waals surface area contributed by atoms with Crippen molar-refractivity contribution in [3.63, 3.8) is 0 Å². The Balaban J connectivity index is 2.66. The Hall–Kier alpha value is -1.81. The molecule has 0 spiro atoms. The van der Waals surface area contributed by atoms with E-state index in [2.05, 4.69) is 9.97 Å². The molecule has 16 heavy (non-hydrogen) atoms. The molecule has 0 unspecified atom stereocenters. The van der Waals surface area contributed by atoms with Gasteiger partial charge in [-0.25, -0.2) is 0 Å². The molecule has 0 fully saturated rings. The molecule has 0 atom stereocenters. The van der Waals surface area contributed by atoms with Crippen LogP contribution in [0.1, 0.15) is 11.1 Å². The third-order valence-corrected chi connectivity index (χ3v) is 2.53. The van der Waals surface area contributed by atoms with Crippen molar-refractivity contribution in [3.8, 4) is 11.3 Å². The topological polar surface area (TPSA) is 46.0 Å². The zero-order valence-corrected chi connectivity index (χ0v) is 9.53. The molecule has 80 valence electrons. The minimum absolute atomic E-state index is 0.127. The Morgan fingerprint density at radius 3 is 2.50 bits per heavy atom. The van der Waals surface area contributed by atoms with Crippen LogP contribution >= 0.6 is 12.2 Å². The predicted molar refractivity (Wildman–Crippen MR) is 66.5 cm³/mol. The van der Waals surface area contributed by atoms with Gasteiger partial charge in [-0.3, -0.25) is 9.97 Å². The van der Waals surface area contributed by atoms with E-state index in [1.54, 1.807) is 18.6 Å². The molecular weight excluding hydrogens is 220 g/mol. The highest BCUT2D eigenvalue weighted by atomic mass is 32.1. The summed E-state index contributed by atoms with van der Waals surface area (Å²) in [5.41, 5.74) is 3.11. The Bertz CT molecular complexity index is 526. The smallest absolute Gasteiger partial charge is 0.191 e. The lowest BCUT2D eigenvalue weighted by Crippen LogP contribution is -2.03. The standard InChI is InChI=1S/C12H10N2OS/c1-8-2-7-14-11(10(8)12(15)16)9-3-5-13-6-4-9/h2-7H,1H3,(H,15,16). The summed E-state index contributed by atoms with van der Waals surface area (Å²) in [6.07, 6.45) is 5.07. The highest BCUT2D eigenvalue weighted by Gasteiger charge is 2.12. The van der Waals surface area contributed by atoms with Gasteiger partial charge in [0.25, 0.3) is 0 Å². The number of hydrogen-bond acceptors (Lipinski definition) is 3. The monoisotopic (exact) mass is 230 g/mol. The first-order chi connectivity index (χ1) is 7.70. The van der Waals surface area contributed by atoms with Crippen molar-refractivity contribution in [2.45, 2.75) is 6.92 Å². The van der Waals surface area contributed by atoms with Crippen molar-refractivity contribution in [1.82, 2.24) is 9.97 Å². The van der Waals surface area contributed by atoms with Crippen molar-refractivity contribution in [2.75, 3.05) is 0 Å². The van der Waals surface area contributed by atoms with Crippen LogP contribution in [0.25, 0.3) is 11.3 Å². The number of aliphatic hydroxyl groups is 1. The van der Waals surface area contributed by atoms with E-state index in [4.69, 9.17) is 12.2 Å². The van der Waals surface area contributed by atoms with Crippen LogP contribution in [0.15, 0.2) is 36.8 Å². The number of thiocarbonyl (C=S) groups is 1. The number of hydrogen-bond donors (Lipinski definition) is 1. The van der Waals surface area contributed by atoms with Gasteiger partial charge in [0.05, 0.1) is 11.3 Å². The molecule has 0 aromatic carbocycles. The molecule has 0 saturated carbocycles. The molecular formula is C12H10N2OS.